The van der Waals surface area contributed by atoms with Crippen LogP contribution in [0.4, 0.5) is 5.69 Å². The molecule has 3 aromatic rings. The predicted molar refractivity (Wildman–Crippen MR) is 220 cm³/mol. The number of aryl methyl sites for hydroxylation is 1. The van der Waals surface area contributed by atoms with Crippen molar-refractivity contribution in [3.8, 4) is 11.6 Å². The molecule has 0 unspecified atom stereocenters. The van der Waals surface area contributed by atoms with Crippen LogP contribution in [0, 0.1) is 17.0 Å². The number of amides is 1. The van der Waals surface area contributed by atoms with Crippen LogP contribution in [-0.2, 0) is 64.1 Å². The Balaban J connectivity index is 1.58. The number of primary amides is 1. The van der Waals surface area contributed by atoms with Crippen LogP contribution >= 0.6 is 0 Å². The van der Waals surface area contributed by atoms with E-state index >= 15 is 0 Å². The molecule has 1 aliphatic rings. The standard InChI is InChI=1S/C41H53N5O16S/c1-22(2)34-30(38(44-43-34)62-39-37(60-27(7)50)36(59-26(6)49)35(58-25(5)48)32(61-39)21-57-24(4)47)20-28-15-16-29(19-23(28)3)56-18-12-17-45(41(8,9)40(42)51)63(54,55)33-14-11-10-13-31(33)46(52)53/h10-11,13-16,19,22,32,35-37,39H,12,17-18,20-21H2,1-9H3,(H2,42,51)(H,43,44)/t32-,35-,36+,37-,39+/m1/s1. The molecule has 0 aliphatic carbocycles. The topological polar surface area (TPSA) is 285 Å². The third-order valence-electron chi connectivity index (χ3n) is 9.93. The third-order valence-corrected chi connectivity index (χ3v) is 12.0. The number of esters is 4. The molecule has 0 bridgehead atoms. The number of sulfonamides is 1. The van der Waals surface area contributed by atoms with Gasteiger partial charge in [-0.3, -0.25) is 39.2 Å². The zero-order chi connectivity index (χ0) is 47.0. The van der Waals surface area contributed by atoms with Gasteiger partial charge in [-0.25, -0.2) is 8.42 Å². The maximum atomic E-state index is 13.8. The molecule has 1 aliphatic heterocycles. The van der Waals surface area contributed by atoms with E-state index in [1.807, 2.05) is 20.8 Å². The van der Waals surface area contributed by atoms with E-state index < -0.39 is 98.2 Å². The number of H-pyrrole nitrogens is 1. The summed E-state index contributed by atoms with van der Waals surface area (Å²) >= 11 is 0. The maximum absolute atomic E-state index is 13.8. The molecule has 1 fully saturated rings. The lowest BCUT2D eigenvalue weighted by Crippen LogP contribution is -2.63. The lowest BCUT2D eigenvalue weighted by atomic mass is 9.96. The number of nitro groups is 1. The van der Waals surface area contributed by atoms with Gasteiger partial charge in [-0.2, -0.15) is 4.31 Å². The molecule has 0 radical (unpaired) electrons. The van der Waals surface area contributed by atoms with Gasteiger partial charge in [0.25, 0.3) is 15.7 Å². The number of ether oxygens (including phenoxy) is 7. The Morgan fingerprint density at radius 3 is 2.14 bits per heavy atom. The zero-order valence-corrected chi connectivity index (χ0v) is 37.2. The minimum absolute atomic E-state index is 0.0102. The summed E-state index contributed by atoms with van der Waals surface area (Å²) in [5.41, 5.74) is 6.06. The van der Waals surface area contributed by atoms with Gasteiger partial charge in [0.1, 0.15) is 24.0 Å². The van der Waals surface area contributed by atoms with Crippen LogP contribution in [0.25, 0.3) is 0 Å². The molecule has 21 nitrogen and oxygen atoms in total. The van der Waals surface area contributed by atoms with Crippen LogP contribution in [0.5, 0.6) is 11.6 Å². The predicted octanol–water partition coefficient (Wildman–Crippen LogP) is 3.53. The van der Waals surface area contributed by atoms with Crippen molar-refractivity contribution in [2.75, 3.05) is 19.8 Å². The van der Waals surface area contributed by atoms with Crippen LogP contribution in [-0.4, -0.2) is 114 Å². The summed E-state index contributed by atoms with van der Waals surface area (Å²) in [7, 11) is -4.58. The summed E-state index contributed by atoms with van der Waals surface area (Å²) < 4.78 is 68.6. The van der Waals surface area contributed by atoms with E-state index in [0.717, 1.165) is 55.3 Å². The van der Waals surface area contributed by atoms with E-state index in [-0.39, 0.29) is 37.8 Å². The molecule has 5 atom stereocenters. The van der Waals surface area contributed by atoms with Crippen molar-refractivity contribution in [2.24, 2.45) is 5.73 Å². The fraction of sp³-hybridized carbons (Fsp3) is 0.512. The molecule has 1 aromatic heterocycles. The molecule has 0 saturated carbocycles. The number of hydrogen-bond donors (Lipinski definition) is 2. The first-order valence-corrected chi connectivity index (χ1v) is 21.2. The molecule has 0 spiro atoms. The number of aromatic nitrogens is 2. The smallest absolute Gasteiger partial charge is 0.303 e. The van der Waals surface area contributed by atoms with Crippen molar-refractivity contribution in [2.45, 2.75) is 122 Å². The minimum Gasteiger partial charge on any atom is -0.494 e. The number of nitro benzene ring substituents is 1. The zero-order valence-electron chi connectivity index (χ0n) is 36.4. The normalized spacial score (nSPS) is 18.9. The molecule has 2 aromatic carbocycles. The molecule has 2 heterocycles. The van der Waals surface area contributed by atoms with E-state index in [9.17, 15) is 42.5 Å². The number of nitrogens with two attached hydrogens (primary N) is 1. The van der Waals surface area contributed by atoms with Crippen molar-refractivity contribution in [3.63, 3.8) is 0 Å². The largest absolute Gasteiger partial charge is 0.494 e. The molecular weight excluding hydrogens is 851 g/mol. The molecule has 1 amide bonds. The van der Waals surface area contributed by atoms with Crippen LogP contribution in [0.2, 0.25) is 0 Å². The van der Waals surface area contributed by atoms with E-state index in [0.29, 0.717) is 17.0 Å². The van der Waals surface area contributed by atoms with Gasteiger partial charge in [0.2, 0.25) is 24.2 Å². The van der Waals surface area contributed by atoms with Crippen molar-refractivity contribution < 1.29 is 70.5 Å². The molecule has 3 N–H and O–H groups in total. The minimum atomic E-state index is -4.58. The lowest BCUT2D eigenvalue weighted by Gasteiger charge is -2.43. The second-order valence-electron chi connectivity index (χ2n) is 15.5. The average Bonchev–Trinajstić information content (AvgIpc) is 3.58. The van der Waals surface area contributed by atoms with E-state index in [4.69, 9.17) is 38.9 Å². The maximum Gasteiger partial charge on any atom is 0.303 e. The second-order valence-corrected chi connectivity index (χ2v) is 17.3. The number of carbonyl (C=O) groups is 5. The lowest BCUT2D eigenvalue weighted by molar-refractivity contribution is -0.387. The summed E-state index contributed by atoms with van der Waals surface area (Å²) in [5.74, 6) is -3.63. The van der Waals surface area contributed by atoms with Crippen molar-refractivity contribution >= 4 is 45.5 Å². The summed E-state index contributed by atoms with van der Waals surface area (Å²) in [5, 5.41) is 19.1. The fourth-order valence-electron chi connectivity index (χ4n) is 6.81. The molecule has 4 rings (SSSR count). The molecule has 22 heteroatoms. The number of hydrogen-bond acceptors (Lipinski definition) is 17. The van der Waals surface area contributed by atoms with Gasteiger partial charge in [-0.15, -0.1) is 5.10 Å². The van der Waals surface area contributed by atoms with E-state index in [2.05, 4.69) is 10.2 Å². The van der Waals surface area contributed by atoms with E-state index in [1.165, 1.54) is 26.0 Å². The Morgan fingerprint density at radius 1 is 0.952 bits per heavy atom. The highest BCUT2D eigenvalue weighted by Crippen LogP contribution is 2.35. The molecule has 344 valence electrons. The molecule has 63 heavy (non-hydrogen) atoms. The number of rotatable bonds is 20. The average molecular weight is 904 g/mol. The van der Waals surface area contributed by atoms with Gasteiger partial charge in [0, 0.05) is 58.0 Å². The number of carbonyl (C=O) groups excluding carboxylic acids is 5. The quantitative estimate of drug-likeness (QED) is 0.0539. The Labute approximate surface area is 364 Å². The SMILES string of the molecule is CC(=O)OC[C@H]1O[C@@H](Oc2n[nH]c(C(C)C)c2Cc2ccc(OCCCN(C(C)(C)C(N)=O)S(=O)(=O)c3ccccc3[N+](=O)[O-])cc2C)[C@H](OC(C)=O)[C@@H](OC(C)=O)[C@@H]1OC(C)=O. The van der Waals surface area contributed by atoms with Gasteiger partial charge in [0.05, 0.1) is 11.5 Å². The van der Waals surface area contributed by atoms with Crippen molar-refractivity contribution in [1.29, 1.82) is 0 Å². The highest BCUT2D eigenvalue weighted by molar-refractivity contribution is 7.89. The number of nitrogens with zero attached hydrogens (tertiary/aromatic N) is 3. The van der Waals surface area contributed by atoms with Gasteiger partial charge in [0.15, 0.2) is 17.1 Å². The third kappa shape index (κ3) is 12.3. The number of para-hydroxylation sites is 1. The van der Waals surface area contributed by atoms with Gasteiger partial charge < -0.3 is 38.9 Å². The number of nitrogens with one attached hydrogen (secondary N) is 1. The Hall–Kier alpha value is -6.13. The first-order valence-electron chi connectivity index (χ1n) is 19.8. The van der Waals surface area contributed by atoms with Crippen molar-refractivity contribution in [3.05, 3.63) is 75.0 Å². The summed E-state index contributed by atoms with van der Waals surface area (Å²) in [6.45, 7) is 12.1. The van der Waals surface area contributed by atoms with Crippen LogP contribution in [0.1, 0.15) is 90.1 Å². The Kier molecular flexibility index (Phi) is 16.4. The van der Waals surface area contributed by atoms with Crippen LogP contribution < -0.4 is 15.2 Å². The van der Waals surface area contributed by atoms with Crippen LogP contribution in [0.3, 0.4) is 0 Å². The van der Waals surface area contributed by atoms with Gasteiger partial charge in [-0.05, 0) is 62.4 Å². The monoisotopic (exact) mass is 903 g/mol. The van der Waals surface area contributed by atoms with Crippen LogP contribution in [0.15, 0.2) is 47.4 Å². The first kappa shape index (κ1) is 49.5. The number of benzene rings is 2. The van der Waals surface area contributed by atoms with Crippen molar-refractivity contribution in [1.82, 2.24) is 14.5 Å². The fourth-order valence-corrected chi connectivity index (χ4v) is 8.77. The highest BCUT2D eigenvalue weighted by Gasteiger charge is 2.54. The molecular formula is C41H53N5O16S. The molecule has 1 saturated heterocycles. The van der Waals surface area contributed by atoms with Gasteiger partial charge in [-0.1, -0.05) is 32.0 Å². The van der Waals surface area contributed by atoms with Gasteiger partial charge >= 0.3 is 23.9 Å². The Bertz CT molecular complexity index is 2290. The van der Waals surface area contributed by atoms with E-state index in [1.54, 1.807) is 18.2 Å². The number of aromatic amines is 1. The second kappa shape index (κ2) is 20.8. The summed E-state index contributed by atoms with van der Waals surface area (Å²) in [6.07, 6.45) is -6.76. The first-order chi connectivity index (χ1) is 29.4. The summed E-state index contributed by atoms with van der Waals surface area (Å²) in [6, 6.07) is 10.1. The highest BCUT2D eigenvalue weighted by atomic mass is 32.2. The summed E-state index contributed by atoms with van der Waals surface area (Å²) in [4.78, 5) is 71.4. The Morgan fingerprint density at radius 2 is 1.57 bits per heavy atom.